The molecule has 2 aliphatic rings. The summed E-state index contributed by atoms with van der Waals surface area (Å²) in [5, 5.41) is 3.38. The first-order valence-electron chi connectivity index (χ1n) is 7.49. The molecule has 3 rings (SSSR count). The van der Waals surface area contributed by atoms with Crippen molar-refractivity contribution in [2.75, 3.05) is 13.2 Å². The van der Waals surface area contributed by atoms with Crippen LogP contribution in [0.1, 0.15) is 37.9 Å². The van der Waals surface area contributed by atoms with Gasteiger partial charge in [0, 0.05) is 13.2 Å². The Balaban J connectivity index is 1.76. The van der Waals surface area contributed by atoms with Crippen LogP contribution in [0.4, 0.5) is 0 Å². The number of rotatable bonds is 3. The van der Waals surface area contributed by atoms with E-state index in [0.29, 0.717) is 6.54 Å². The molecule has 2 aliphatic heterocycles. The molecule has 3 unspecified atom stereocenters. The maximum Gasteiger partial charge on any atom is 0.241 e. The van der Waals surface area contributed by atoms with E-state index >= 15 is 0 Å². The van der Waals surface area contributed by atoms with E-state index in [9.17, 15) is 4.79 Å². The van der Waals surface area contributed by atoms with Crippen molar-refractivity contribution >= 4 is 5.91 Å². The molecule has 2 saturated heterocycles. The molecule has 1 amide bonds. The van der Waals surface area contributed by atoms with E-state index in [4.69, 9.17) is 4.74 Å². The molecule has 2 heterocycles. The highest BCUT2D eigenvalue weighted by molar-refractivity contribution is 5.84. The van der Waals surface area contributed by atoms with Gasteiger partial charge in [-0.2, -0.15) is 0 Å². The Bertz CT molecular complexity index is 457. The van der Waals surface area contributed by atoms with E-state index in [1.807, 2.05) is 30.0 Å². The number of hydrogen-bond donors (Lipinski definition) is 1. The molecule has 1 aromatic carbocycles. The van der Waals surface area contributed by atoms with Gasteiger partial charge in [0.25, 0.3) is 0 Å². The molecule has 4 nitrogen and oxygen atoms in total. The molecule has 2 fully saturated rings. The van der Waals surface area contributed by atoms with E-state index in [0.717, 1.165) is 25.0 Å². The minimum atomic E-state index is -0.121. The number of nitrogens with zero attached hydrogens (tertiary/aromatic N) is 1. The van der Waals surface area contributed by atoms with Crippen molar-refractivity contribution in [3.8, 4) is 0 Å². The zero-order chi connectivity index (χ0) is 13.9. The lowest BCUT2D eigenvalue weighted by atomic mass is 10.1. The minimum absolute atomic E-state index is 0.0239. The Labute approximate surface area is 120 Å². The van der Waals surface area contributed by atoms with Gasteiger partial charge in [0.2, 0.25) is 5.91 Å². The second kappa shape index (κ2) is 5.94. The molecule has 0 saturated carbocycles. The largest absolute Gasteiger partial charge is 0.376 e. The summed E-state index contributed by atoms with van der Waals surface area (Å²) in [6, 6.07) is 10.0. The lowest BCUT2D eigenvalue weighted by Crippen LogP contribution is -2.39. The van der Waals surface area contributed by atoms with E-state index in [2.05, 4.69) is 17.4 Å². The predicted octanol–water partition coefficient (Wildman–Crippen LogP) is 2.07. The number of amides is 1. The van der Waals surface area contributed by atoms with Gasteiger partial charge in [-0.3, -0.25) is 10.1 Å². The number of benzene rings is 1. The molecule has 1 aromatic rings. The molecule has 0 aromatic heterocycles. The van der Waals surface area contributed by atoms with Crippen molar-refractivity contribution in [3.63, 3.8) is 0 Å². The van der Waals surface area contributed by atoms with Crippen molar-refractivity contribution in [2.45, 2.75) is 44.5 Å². The second-order valence-corrected chi connectivity index (χ2v) is 5.68. The molecule has 0 bridgehead atoms. The maximum atomic E-state index is 12.4. The molecule has 0 spiro atoms. The van der Waals surface area contributed by atoms with E-state index in [1.165, 1.54) is 6.42 Å². The highest BCUT2D eigenvalue weighted by Crippen LogP contribution is 2.27. The first-order chi connectivity index (χ1) is 9.75. The fraction of sp³-hybridized carbons (Fsp3) is 0.562. The molecule has 0 aliphatic carbocycles. The van der Waals surface area contributed by atoms with Crippen molar-refractivity contribution < 1.29 is 9.53 Å². The summed E-state index contributed by atoms with van der Waals surface area (Å²) in [6.07, 6.45) is 3.56. The molecule has 0 radical (unpaired) electrons. The van der Waals surface area contributed by atoms with Crippen LogP contribution >= 0.6 is 0 Å². The summed E-state index contributed by atoms with van der Waals surface area (Å²) in [5.74, 6) is 0.174. The normalized spacial score (nSPS) is 30.8. The van der Waals surface area contributed by atoms with Crippen LogP contribution in [0, 0.1) is 0 Å². The van der Waals surface area contributed by atoms with Crippen molar-refractivity contribution in [2.24, 2.45) is 0 Å². The first kappa shape index (κ1) is 13.6. The van der Waals surface area contributed by atoms with Crippen LogP contribution in [0.2, 0.25) is 0 Å². The average molecular weight is 274 g/mol. The van der Waals surface area contributed by atoms with Gasteiger partial charge in [-0.25, -0.2) is 0 Å². The van der Waals surface area contributed by atoms with Gasteiger partial charge in [0.1, 0.15) is 6.17 Å². The van der Waals surface area contributed by atoms with E-state index in [-0.39, 0.29) is 24.2 Å². The van der Waals surface area contributed by atoms with Crippen LogP contribution in [0.15, 0.2) is 30.3 Å². The summed E-state index contributed by atoms with van der Waals surface area (Å²) in [6.45, 7) is 3.45. The van der Waals surface area contributed by atoms with Crippen LogP contribution in [0.25, 0.3) is 0 Å². The third-order valence-electron chi connectivity index (χ3n) is 4.16. The highest BCUT2D eigenvalue weighted by atomic mass is 16.5. The first-order valence-corrected chi connectivity index (χ1v) is 7.49. The maximum absolute atomic E-state index is 12.4. The molecule has 4 heteroatoms. The molecule has 3 atom stereocenters. The highest BCUT2D eigenvalue weighted by Gasteiger charge is 2.38. The number of carbonyl (C=O) groups is 1. The quantitative estimate of drug-likeness (QED) is 0.917. The Hall–Kier alpha value is -1.39. The third-order valence-corrected chi connectivity index (χ3v) is 4.16. The fourth-order valence-corrected chi connectivity index (χ4v) is 3.05. The lowest BCUT2D eigenvalue weighted by Gasteiger charge is -2.31. The molecule has 108 valence electrons. The zero-order valence-corrected chi connectivity index (χ0v) is 11.9. The van der Waals surface area contributed by atoms with Crippen LogP contribution in [0.3, 0.4) is 0 Å². The Kier molecular flexibility index (Phi) is 4.03. The number of ether oxygens (including phenoxy) is 1. The summed E-state index contributed by atoms with van der Waals surface area (Å²) in [4.78, 5) is 14.3. The summed E-state index contributed by atoms with van der Waals surface area (Å²) >= 11 is 0. The molecule has 20 heavy (non-hydrogen) atoms. The van der Waals surface area contributed by atoms with Gasteiger partial charge >= 0.3 is 0 Å². The Morgan fingerprint density at radius 3 is 2.80 bits per heavy atom. The molecule has 1 N–H and O–H groups in total. The summed E-state index contributed by atoms with van der Waals surface area (Å²) < 4.78 is 5.79. The van der Waals surface area contributed by atoms with Crippen molar-refractivity contribution in [3.05, 3.63) is 35.9 Å². The Morgan fingerprint density at radius 1 is 1.30 bits per heavy atom. The van der Waals surface area contributed by atoms with Gasteiger partial charge in [-0.05, 0) is 31.7 Å². The molecular weight excluding hydrogens is 252 g/mol. The monoisotopic (exact) mass is 274 g/mol. The number of carbonyl (C=O) groups excluding carboxylic acids is 1. The summed E-state index contributed by atoms with van der Waals surface area (Å²) in [7, 11) is 0. The van der Waals surface area contributed by atoms with Gasteiger partial charge in [0.15, 0.2) is 0 Å². The summed E-state index contributed by atoms with van der Waals surface area (Å²) in [5.41, 5.74) is 1.14. The van der Waals surface area contributed by atoms with Gasteiger partial charge in [-0.1, -0.05) is 30.3 Å². The second-order valence-electron chi connectivity index (χ2n) is 5.68. The Morgan fingerprint density at radius 2 is 2.10 bits per heavy atom. The smallest absolute Gasteiger partial charge is 0.241 e. The molecular formula is C16H22N2O2. The van der Waals surface area contributed by atoms with Crippen LogP contribution in [0.5, 0.6) is 0 Å². The van der Waals surface area contributed by atoms with Gasteiger partial charge < -0.3 is 9.64 Å². The average Bonchev–Trinajstić information content (AvgIpc) is 2.78. The van der Waals surface area contributed by atoms with E-state index < -0.39 is 0 Å². The SMILES string of the molecule is CC1NC(c2ccccc2)N(CC2CCCCO2)C1=O. The lowest BCUT2D eigenvalue weighted by molar-refractivity contribution is -0.132. The fourth-order valence-electron chi connectivity index (χ4n) is 3.05. The standard InChI is InChI=1S/C16H22N2O2/c1-12-16(19)18(11-14-9-5-6-10-20-14)15(17-12)13-7-3-2-4-8-13/h2-4,7-8,12,14-15,17H,5-6,9-11H2,1H3. The van der Waals surface area contributed by atoms with Crippen LogP contribution in [-0.2, 0) is 9.53 Å². The van der Waals surface area contributed by atoms with Crippen LogP contribution in [-0.4, -0.2) is 36.1 Å². The number of nitrogens with one attached hydrogen (secondary N) is 1. The third kappa shape index (κ3) is 2.72. The van der Waals surface area contributed by atoms with Crippen molar-refractivity contribution in [1.82, 2.24) is 10.2 Å². The predicted molar refractivity (Wildman–Crippen MR) is 77.1 cm³/mol. The van der Waals surface area contributed by atoms with Crippen LogP contribution < -0.4 is 5.32 Å². The minimum Gasteiger partial charge on any atom is -0.376 e. The van der Waals surface area contributed by atoms with Gasteiger partial charge in [0.05, 0.1) is 12.1 Å². The topological polar surface area (TPSA) is 41.6 Å². The number of hydrogen-bond acceptors (Lipinski definition) is 3. The van der Waals surface area contributed by atoms with Crippen molar-refractivity contribution in [1.29, 1.82) is 0 Å². The van der Waals surface area contributed by atoms with Gasteiger partial charge in [-0.15, -0.1) is 0 Å². The zero-order valence-electron chi connectivity index (χ0n) is 11.9. The van der Waals surface area contributed by atoms with E-state index in [1.54, 1.807) is 0 Å².